The predicted molar refractivity (Wildman–Crippen MR) is 78.0 cm³/mol. The van der Waals surface area contributed by atoms with E-state index in [1.54, 1.807) is 6.08 Å². The number of benzene rings is 1. The summed E-state index contributed by atoms with van der Waals surface area (Å²) in [4.78, 5) is 14.3. The summed E-state index contributed by atoms with van der Waals surface area (Å²) in [5.74, 6) is -0.464. The highest BCUT2D eigenvalue weighted by Crippen LogP contribution is 2.27. The summed E-state index contributed by atoms with van der Waals surface area (Å²) in [6.45, 7) is 1.84. The first-order valence-electron chi connectivity index (χ1n) is 7.22. The molecule has 110 valence electrons. The van der Waals surface area contributed by atoms with Crippen molar-refractivity contribution in [1.82, 2.24) is 4.90 Å². The number of cyclic esters (lactones) is 1. The summed E-state index contributed by atoms with van der Waals surface area (Å²) in [5, 5.41) is 0. The third kappa shape index (κ3) is 3.22. The number of hydrogen-bond acceptors (Lipinski definition) is 3. The van der Waals surface area contributed by atoms with Gasteiger partial charge in [-0.15, -0.1) is 0 Å². The molecule has 1 aliphatic heterocycles. The van der Waals surface area contributed by atoms with Gasteiger partial charge in [-0.1, -0.05) is 36.4 Å². The number of rotatable bonds is 3. The van der Waals surface area contributed by atoms with Gasteiger partial charge in [0.15, 0.2) is 0 Å². The van der Waals surface area contributed by atoms with Crippen LogP contribution < -0.4 is 0 Å². The summed E-state index contributed by atoms with van der Waals surface area (Å²) in [7, 11) is 0. The fourth-order valence-electron chi connectivity index (χ4n) is 2.92. The van der Waals surface area contributed by atoms with Crippen molar-refractivity contribution in [3.8, 4) is 0 Å². The molecular weight excluding hydrogens is 269 g/mol. The van der Waals surface area contributed by atoms with Crippen molar-refractivity contribution >= 4 is 5.97 Å². The molecule has 1 fully saturated rings. The molecule has 0 saturated carbocycles. The Labute approximate surface area is 123 Å². The molecule has 2 aliphatic rings. The maximum atomic E-state index is 13.1. The van der Waals surface area contributed by atoms with Gasteiger partial charge < -0.3 is 4.74 Å². The lowest BCUT2D eigenvalue weighted by molar-refractivity contribution is -0.160. The molecule has 0 N–H and O–H groups in total. The van der Waals surface area contributed by atoms with Crippen LogP contribution >= 0.6 is 0 Å². The van der Waals surface area contributed by atoms with E-state index in [0.717, 1.165) is 0 Å². The molecule has 21 heavy (non-hydrogen) atoms. The smallest absolute Gasteiger partial charge is 0.324 e. The summed E-state index contributed by atoms with van der Waals surface area (Å²) in [5.41, 5.74) is 1.17. The van der Waals surface area contributed by atoms with Gasteiger partial charge in [0.2, 0.25) is 0 Å². The first kappa shape index (κ1) is 14.0. The van der Waals surface area contributed by atoms with E-state index < -0.39 is 0 Å². The fourth-order valence-corrected chi connectivity index (χ4v) is 2.92. The van der Waals surface area contributed by atoms with Crippen LogP contribution in [0.25, 0.3) is 0 Å². The molecule has 0 spiro atoms. The Morgan fingerprint density at radius 1 is 1.29 bits per heavy atom. The second-order valence-corrected chi connectivity index (χ2v) is 5.42. The van der Waals surface area contributed by atoms with E-state index in [0.29, 0.717) is 26.1 Å². The van der Waals surface area contributed by atoms with Crippen molar-refractivity contribution in [2.75, 3.05) is 13.2 Å². The van der Waals surface area contributed by atoms with E-state index in [1.807, 2.05) is 30.3 Å². The second kappa shape index (κ2) is 6.22. The van der Waals surface area contributed by atoms with E-state index >= 15 is 0 Å². The molecule has 3 nitrogen and oxygen atoms in total. The molecule has 1 aliphatic carbocycles. The van der Waals surface area contributed by atoms with E-state index in [1.165, 1.54) is 17.7 Å². The number of allylic oxidation sites excluding steroid dienone is 3. The van der Waals surface area contributed by atoms with Gasteiger partial charge in [-0.05, 0) is 24.1 Å². The fraction of sp³-hybridized carbons (Fsp3) is 0.353. The van der Waals surface area contributed by atoms with Gasteiger partial charge in [-0.3, -0.25) is 9.69 Å². The molecule has 0 aromatic heterocycles. The number of carbonyl (C=O) groups is 1. The zero-order valence-corrected chi connectivity index (χ0v) is 11.7. The van der Waals surface area contributed by atoms with E-state index in [2.05, 4.69) is 4.90 Å². The number of carbonyl (C=O) groups excluding carboxylic acids is 1. The van der Waals surface area contributed by atoms with Crippen LogP contribution in [0.15, 0.2) is 54.4 Å². The molecule has 0 radical (unpaired) electrons. The van der Waals surface area contributed by atoms with Gasteiger partial charge in [-0.25, -0.2) is 4.39 Å². The number of hydrogen-bond donors (Lipinski definition) is 0. The Morgan fingerprint density at radius 2 is 2.10 bits per heavy atom. The molecule has 1 aromatic carbocycles. The highest BCUT2D eigenvalue weighted by atomic mass is 19.1. The molecular formula is C17H18FNO2. The van der Waals surface area contributed by atoms with Crippen molar-refractivity contribution in [3.63, 3.8) is 0 Å². The minimum absolute atomic E-state index is 0.0268. The van der Waals surface area contributed by atoms with Crippen LogP contribution in [-0.2, 0) is 16.1 Å². The van der Waals surface area contributed by atoms with Crippen LogP contribution in [0, 0.1) is 5.92 Å². The Hall–Kier alpha value is -1.94. The maximum absolute atomic E-state index is 13.1. The van der Waals surface area contributed by atoms with Crippen molar-refractivity contribution in [3.05, 3.63) is 60.0 Å². The minimum Gasteiger partial charge on any atom is -0.463 e. The Balaban J connectivity index is 1.77. The number of halogens is 1. The van der Waals surface area contributed by atoms with Crippen molar-refractivity contribution in [2.45, 2.75) is 19.0 Å². The first-order chi connectivity index (χ1) is 10.2. The standard InChI is InChI=1S/C17H18FNO2/c18-15-8-6-14(7-9-15)16-17(20)21-11-10-19(16)12-13-4-2-1-3-5-13/h1-6,8-9,14,16H,7,10-12H2/t14?,16-/m0/s1. The van der Waals surface area contributed by atoms with Crippen LogP contribution in [-0.4, -0.2) is 30.1 Å². The van der Waals surface area contributed by atoms with Crippen LogP contribution in [0.3, 0.4) is 0 Å². The normalized spacial score (nSPS) is 26.3. The third-order valence-electron chi connectivity index (χ3n) is 3.98. The molecule has 0 bridgehead atoms. The average molecular weight is 287 g/mol. The lowest BCUT2D eigenvalue weighted by atomic mass is 9.90. The quantitative estimate of drug-likeness (QED) is 0.801. The molecule has 3 rings (SSSR count). The largest absolute Gasteiger partial charge is 0.463 e. The Bertz CT molecular complexity index is 567. The van der Waals surface area contributed by atoms with Gasteiger partial charge in [0.1, 0.15) is 18.5 Å². The third-order valence-corrected chi connectivity index (χ3v) is 3.98. The molecule has 1 saturated heterocycles. The first-order valence-corrected chi connectivity index (χ1v) is 7.22. The van der Waals surface area contributed by atoms with Gasteiger partial charge in [0.05, 0.1) is 0 Å². The molecule has 4 heteroatoms. The average Bonchev–Trinajstić information content (AvgIpc) is 2.50. The van der Waals surface area contributed by atoms with Crippen LogP contribution in [0.5, 0.6) is 0 Å². The Morgan fingerprint density at radius 3 is 2.81 bits per heavy atom. The number of nitrogens with zero attached hydrogens (tertiary/aromatic N) is 1. The lowest BCUT2D eigenvalue weighted by Gasteiger charge is -2.38. The lowest BCUT2D eigenvalue weighted by Crippen LogP contribution is -2.51. The molecule has 2 atom stereocenters. The highest BCUT2D eigenvalue weighted by Gasteiger charge is 2.37. The van der Waals surface area contributed by atoms with Crippen LogP contribution in [0.1, 0.15) is 12.0 Å². The van der Waals surface area contributed by atoms with E-state index in [4.69, 9.17) is 4.74 Å². The predicted octanol–water partition coefficient (Wildman–Crippen LogP) is 2.84. The van der Waals surface area contributed by atoms with Gasteiger partial charge in [0.25, 0.3) is 0 Å². The second-order valence-electron chi connectivity index (χ2n) is 5.42. The zero-order valence-electron chi connectivity index (χ0n) is 11.7. The zero-order chi connectivity index (χ0) is 14.7. The highest BCUT2D eigenvalue weighted by molar-refractivity contribution is 5.77. The van der Waals surface area contributed by atoms with Gasteiger partial charge >= 0.3 is 5.97 Å². The Kier molecular flexibility index (Phi) is 4.15. The topological polar surface area (TPSA) is 29.5 Å². The maximum Gasteiger partial charge on any atom is 0.324 e. The monoisotopic (exact) mass is 287 g/mol. The van der Waals surface area contributed by atoms with Gasteiger partial charge in [-0.2, -0.15) is 0 Å². The summed E-state index contributed by atoms with van der Waals surface area (Å²) in [6.07, 6.45) is 5.29. The van der Waals surface area contributed by atoms with Gasteiger partial charge in [0, 0.05) is 19.0 Å². The number of esters is 1. The summed E-state index contributed by atoms with van der Waals surface area (Å²) in [6, 6.07) is 9.72. The van der Waals surface area contributed by atoms with E-state index in [9.17, 15) is 9.18 Å². The summed E-state index contributed by atoms with van der Waals surface area (Å²) >= 11 is 0. The number of ether oxygens (including phenoxy) is 1. The van der Waals surface area contributed by atoms with Crippen LogP contribution in [0.2, 0.25) is 0 Å². The molecule has 1 heterocycles. The number of morpholine rings is 1. The van der Waals surface area contributed by atoms with Crippen molar-refractivity contribution in [1.29, 1.82) is 0 Å². The van der Waals surface area contributed by atoms with Crippen molar-refractivity contribution in [2.24, 2.45) is 5.92 Å². The SMILES string of the molecule is O=C1OCCN(Cc2ccccc2)[C@H]1C1C=CC(F)=CC1. The van der Waals surface area contributed by atoms with Crippen molar-refractivity contribution < 1.29 is 13.9 Å². The minimum atomic E-state index is -0.334. The summed E-state index contributed by atoms with van der Waals surface area (Å²) < 4.78 is 18.3. The van der Waals surface area contributed by atoms with E-state index in [-0.39, 0.29) is 23.8 Å². The molecule has 1 unspecified atom stereocenters. The molecule has 0 amide bonds. The molecule has 1 aromatic rings. The van der Waals surface area contributed by atoms with Crippen LogP contribution in [0.4, 0.5) is 4.39 Å².